The fourth-order valence-corrected chi connectivity index (χ4v) is 1.63. The smallest absolute Gasteiger partial charge is 0.314 e. The van der Waals surface area contributed by atoms with E-state index in [1.54, 1.807) is 6.92 Å². The Balaban J connectivity index is 3.22. The minimum absolute atomic E-state index is 0.0368. The maximum Gasteiger partial charge on any atom is 0.314 e. The van der Waals surface area contributed by atoms with Crippen molar-refractivity contribution in [3.63, 3.8) is 0 Å². The van der Waals surface area contributed by atoms with Gasteiger partial charge >= 0.3 is 5.97 Å². The van der Waals surface area contributed by atoms with Crippen LogP contribution in [0.1, 0.15) is 26.3 Å². The molecular formula is C12H15NO4. The zero-order valence-electron chi connectivity index (χ0n) is 10.0. The summed E-state index contributed by atoms with van der Waals surface area (Å²) in [5, 5.41) is 19.8. The van der Waals surface area contributed by atoms with Crippen LogP contribution in [0.25, 0.3) is 0 Å². The van der Waals surface area contributed by atoms with E-state index in [-0.39, 0.29) is 11.6 Å². The van der Waals surface area contributed by atoms with E-state index in [9.17, 15) is 20.0 Å². The third-order valence-corrected chi connectivity index (χ3v) is 3.28. The summed E-state index contributed by atoms with van der Waals surface area (Å²) in [5.41, 5.74) is -0.495. The zero-order valence-corrected chi connectivity index (χ0v) is 10.0. The first-order valence-corrected chi connectivity index (χ1v) is 5.28. The van der Waals surface area contributed by atoms with Crippen LogP contribution in [0.15, 0.2) is 24.3 Å². The third-order valence-electron chi connectivity index (χ3n) is 3.28. The van der Waals surface area contributed by atoms with E-state index in [0.29, 0.717) is 5.56 Å². The van der Waals surface area contributed by atoms with Gasteiger partial charge in [-0.25, -0.2) is 0 Å². The van der Waals surface area contributed by atoms with Crippen molar-refractivity contribution in [3.8, 4) is 0 Å². The van der Waals surface area contributed by atoms with Crippen molar-refractivity contribution in [2.75, 3.05) is 0 Å². The average molecular weight is 237 g/mol. The van der Waals surface area contributed by atoms with Crippen molar-refractivity contribution in [1.82, 2.24) is 0 Å². The topological polar surface area (TPSA) is 80.4 Å². The fraction of sp³-hybridized carbons (Fsp3) is 0.417. The molecule has 0 aliphatic rings. The summed E-state index contributed by atoms with van der Waals surface area (Å²) in [5.74, 6) is -1.04. The maximum atomic E-state index is 11.3. The van der Waals surface area contributed by atoms with Crippen molar-refractivity contribution in [1.29, 1.82) is 0 Å². The number of rotatable bonds is 4. The number of aliphatic carboxylic acids is 1. The lowest BCUT2D eigenvalue weighted by molar-refractivity contribution is -0.384. The fourth-order valence-electron chi connectivity index (χ4n) is 1.63. The summed E-state index contributed by atoms with van der Waals surface area (Å²) >= 11 is 0. The van der Waals surface area contributed by atoms with Crippen LogP contribution in [-0.2, 0) is 10.2 Å². The monoisotopic (exact) mass is 237 g/mol. The highest BCUT2D eigenvalue weighted by Crippen LogP contribution is 2.33. The van der Waals surface area contributed by atoms with E-state index >= 15 is 0 Å². The lowest BCUT2D eigenvalue weighted by atomic mass is 9.73. The van der Waals surface area contributed by atoms with Crippen LogP contribution in [0.5, 0.6) is 0 Å². The Morgan fingerprint density at radius 1 is 1.35 bits per heavy atom. The summed E-state index contributed by atoms with van der Waals surface area (Å²) in [4.78, 5) is 21.4. The van der Waals surface area contributed by atoms with Gasteiger partial charge in [0.25, 0.3) is 5.69 Å². The molecule has 0 fully saturated rings. The first kappa shape index (κ1) is 13.2. The van der Waals surface area contributed by atoms with Crippen LogP contribution in [0, 0.1) is 16.0 Å². The van der Waals surface area contributed by atoms with Crippen LogP contribution in [0.4, 0.5) is 5.69 Å². The number of nitrogens with zero attached hydrogens (tertiary/aromatic N) is 1. The van der Waals surface area contributed by atoms with Gasteiger partial charge in [0.2, 0.25) is 0 Å². The molecule has 0 spiro atoms. The number of carboxylic acids is 1. The maximum absolute atomic E-state index is 11.3. The molecule has 0 saturated carbocycles. The minimum Gasteiger partial charge on any atom is -0.481 e. The third kappa shape index (κ3) is 2.27. The Hall–Kier alpha value is -1.91. The van der Waals surface area contributed by atoms with Gasteiger partial charge in [0.1, 0.15) is 0 Å². The van der Waals surface area contributed by atoms with Crippen molar-refractivity contribution >= 4 is 11.7 Å². The van der Waals surface area contributed by atoms with Gasteiger partial charge in [0.15, 0.2) is 0 Å². The van der Waals surface area contributed by atoms with Crippen molar-refractivity contribution in [3.05, 3.63) is 39.9 Å². The molecule has 1 unspecified atom stereocenters. The first-order valence-electron chi connectivity index (χ1n) is 5.28. The molecule has 0 aromatic heterocycles. The quantitative estimate of drug-likeness (QED) is 0.644. The number of carboxylic acid groups (broad SMARTS) is 1. The summed E-state index contributed by atoms with van der Waals surface area (Å²) in [6.45, 7) is 5.26. The van der Waals surface area contributed by atoms with Crippen molar-refractivity contribution in [2.24, 2.45) is 5.92 Å². The Morgan fingerprint density at radius 3 is 2.12 bits per heavy atom. The largest absolute Gasteiger partial charge is 0.481 e. The predicted octanol–water partition coefficient (Wildman–Crippen LogP) is 2.59. The van der Waals surface area contributed by atoms with Crippen LogP contribution in [0.2, 0.25) is 0 Å². The van der Waals surface area contributed by atoms with Crippen LogP contribution in [0.3, 0.4) is 0 Å². The van der Waals surface area contributed by atoms with Gasteiger partial charge in [0.05, 0.1) is 10.3 Å². The second kappa shape index (κ2) is 4.53. The van der Waals surface area contributed by atoms with Gasteiger partial charge in [-0.2, -0.15) is 0 Å². The Labute approximate surface area is 99.2 Å². The number of benzene rings is 1. The van der Waals surface area contributed by atoms with Gasteiger partial charge in [-0.3, -0.25) is 14.9 Å². The van der Waals surface area contributed by atoms with E-state index in [0.717, 1.165) is 0 Å². The Bertz CT molecular complexity index is 438. The molecule has 0 aliphatic heterocycles. The number of hydrogen-bond acceptors (Lipinski definition) is 3. The lowest BCUT2D eigenvalue weighted by Crippen LogP contribution is -2.37. The summed E-state index contributed by atoms with van der Waals surface area (Å²) in [6, 6.07) is 5.68. The summed E-state index contributed by atoms with van der Waals surface area (Å²) < 4.78 is 0. The minimum atomic E-state index is -1.03. The average Bonchev–Trinajstić information content (AvgIpc) is 2.27. The number of carbonyl (C=O) groups is 1. The second-order valence-corrected chi connectivity index (χ2v) is 4.47. The van der Waals surface area contributed by atoms with E-state index in [1.165, 1.54) is 24.3 Å². The molecule has 1 atom stereocenters. The molecule has 17 heavy (non-hydrogen) atoms. The van der Waals surface area contributed by atoms with Crippen LogP contribution in [-0.4, -0.2) is 16.0 Å². The van der Waals surface area contributed by atoms with Crippen LogP contribution >= 0.6 is 0 Å². The molecular weight excluding hydrogens is 222 g/mol. The summed E-state index contributed by atoms with van der Waals surface area (Å²) in [7, 11) is 0. The van der Waals surface area contributed by atoms with Crippen molar-refractivity contribution < 1.29 is 14.8 Å². The predicted molar refractivity (Wildman–Crippen MR) is 62.9 cm³/mol. The van der Waals surface area contributed by atoms with Gasteiger partial charge in [-0.1, -0.05) is 26.0 Å². The molecule has 1 aromatic rings. The molecule has 1 rings (SSSR count). The van der Waals surface area contributed by atoms with Gasteiger partial charge in [0, 0.05) is 12.1 Å². The highest BCUT2D eigenvalue weighted by Gasteiger charge is 2.38. The molecule has 0 radical (unpaired) electrons. The second-order valence-electron chi connectivity index (χ2n) is 4.47. The standard InChI is InChI=1S/C12H15NO4/c1-8(2)12(3,11(14)15)9-4-6-10(7-5-9)13(16)17/h4-8H,1-3H3,(H,14,15). The van der Waals surface area contributed by atoms with E-state index in [1.807, 2.05) is 13.8 Å². The SMILES string of the molecule is CC(C)C(C)(C(=O)O)c1ccc([N+](=O)[O-])cc1. The molecule has 0 aliphatic carbocycles. The number of hydrogen-bond donors (Lipinski definition) is 1. The first-order chi connectivity index (χ1) is 7.80. The molecule has 1 N–H and O–H groups in total. The van der Waals surface area contributed by atoms with Gasteiger partial charge in [-0.15, -0.1) is 0 Å². The van der Waals surface area contributed by atoms with E-state index < -0.39 is 16.3 Å². The lowest BCUT2D eigenvalue weighted by Gasteiger charge is -2.29. The highest BCUT2D eigenvalue weighted by atomic mass is 16.6. The molecule has 5 nitrogen and oxygen atoms in total. The van der Waals surface area contributed by atoms with Crippen LogP contribution < -0.4 is 0 Å². The normalized spacial score (nSPS) is 14.4. The van der Waals surface area contributed by atoms with Gasteiger partial charge in [-0.05, 0) is 18.4 Å². The van der Waals surface area contributed by atoms with Crippen molar-refractivity contribution in [2.45, 2.75) is 26.2 Å². The summed E-state index contributed by atoms with van der Waals surface area (Å²) in [6.07, 6.45) is 0. The van der Waals surface area contributed by atoms with E-state index in [2.05, 4.69) is 0 Å². The molecule has 0 saturated heterocycles. The molecule has 1 aromatic carbocycles. The molecule has 5 heteroatoms. The Kier molecular flexibility index (Phi) is 3.50. The number of nitro benzene ring substituents is 1. The molecule has 0 bridgehead atoms. The highest BCUT2D eigenvalue weighted by molar-refractivity contribution is 5.81. The molecule has 0 heterocycles. The number of non-ortho nitro benzene ring substituents is 1. The van der Waals surface area contributed by atoms with Gasteiger partial charge < -0.3 is 5.11 Å². The molecule has 92 valence electrons. The Morgan fingerprint density at radius 2 is 1.82 bits per heavy atom. The number of nitro groups is 1. The molecule has 0 amide bonds. The zero-order chi connectivity index (χ0) is 13.2. The van der Waals surface area contributed by atoms with E-state index in [4.69, 9.17) is 0 Å².